The molecule has 1 aliphatic rings. The third kappa shape index (κ3) is 7.18. The molecule has 36 heavy (non-hydrogen) atoms. The summed E-state index contributed by atoms with van der Waals surface area (Å²) in [5, 5.41) is 23.9. The fourth-order valence-electron chi connectivity index (χ4n) is 3.98. The molecule has 0 saturated heterocycles. The van der Waals surface area contributed by atoms with Crippen molar-refractivity contribution in [2.45, 2.75) is 50.9 Å². The van der Waals surface area contributed by atoms with E-state index in [0.717, 1.165) is 37.0 Å². The molecule has 1 heterocycles. The van der Waals surface area contributed by atoms with E-state index >= 15 is 0 Å². The van der Waals surface area contributed by atoms with Gasteiger partial charge in [0, 0.05) is 23.0 Å². The third-order valence-electron chi connectivity index (χ3n) is 5.86. The third-order valence-corrected chi connectivity index (χ3v) is 5.86. The number of anilines is 1. The first-order valence-corrected chi connectivity index (χ1v) is 11.3. The first-order chi connectivity index (χ1) is 17.1. The second-order valence-electron chi connectivity index (χ2n) is 8.50. The maximum atomic E-state index is 12.4. The minimum Gasteiger partial charge on any atom is -0.475 e. The smallest absolute Gasteiger partial charge is 0.475 e. The Labute approximate surface area is 206 Å². The molecule has 0 atom stereocenters. The predicted octanol–water partition coefficient (Wildman–Crippen LogP) is 5.20. The van der Waals surface area contributed by atoms with E-state index in [1.165, 1.54) is 10.9 Å². The van der Waals surface area contributed by atoms with E-state index in [0.29, 0.717) is 17.2 Å². The summed E-state index contributed by atoms with van der Waals surface area (Å²) in [6.07, 6.45) is -1.23. The first kappa shape index (κ1) is 26.5. The summed E-state index contributed by atoms with van der Waals surface area (Å²) in [5.74, 6) is -1.91. The number of hydrogen-bond acceptors (Lipinski definition) is 5. The molecule has 0 aliphatic heterocycles. The van der Waals surface area contributed by atoms with Gasteiger partial charge in [-0.2, -0.15) is 18.4 Å². The molecular weight excluding hydrogens is 473 g/mol. The number of carboxylic acid groups (broad SMARTS) is 1. The number of aliphatic carboxylic acids is 1. The zero-order valence-corrected chi connectivity index (χ0v) is 19.5. The number of aromatic nitrogens is 1. The van der Waals surface area contributed by atoms with Gasteiger partial charge in [0.1, 0.15) is 5.82 Å². The molecule has 1 aromatic heterocycles. The Morgan fingerprint density at radius 1 is 1.03 bits per heavy atom. The zero-order valence-electron chi connectivity index (χ0n) is 19.5. The van der Waals surface area contributed by atoms with Gasteiger partial charge in [0.2, 0.25) is 0 Å². The summed E-state index contributed by atoms with van der Waals surface area (Å²) < 4.78 is 31.7. The van der Waals surface area contributed by atoms with E-state index in [-0.39, 0.29) is 11.9 Å². The van der Waals surface area contributed by atoms with Crippen LogP contribution >= 0.6 is 0 Å². The molecule has 10 heteroatoms. The van der Waals surface area contributed by atoms with Crippen molar-refractivity contribution in [2.24, 2.45) is 0 Å². The van der Waals surface area contributed by atoms with E-state index in [1.807, 2.05) is 18.2 Å². The van der Waals surface area contributed by atoms with Crippen LogP contribution in [0.4, 0.5) is 19.0 Å². The van der Waals surface area contributed by atoms with Crippen LogP contribution < -0.4 is 10.6 Å². The summed E-state index contributed by atoms with van der Waals surface area (Å²) in [6.45, 7) is 2.12. The predicted molar refractivity (Wildman–Crippen MR) is 128 cm³/mol. The lowest BCUT2D eigenvalue weighted by Gasteiger charge is -2.30. The van der Waals surface area contributed by atoms with Gasteiger partial charge in [0.25, 0.3) is 5.91 Å². The average molecular weight is 499 g/mol. The summed E-state index contributed by atoms with van der Waals surface area (Å²) in [5.41, 5.74) is 3.39. The minimum atomic E-state index is -5.08. The molecule has 3 N–H and O–H groups in total. The number of nitrogens with zero attached hydrogens (tertiary/aromatic N) is 2. The number of carboxylic acids is 1. The van der Waals surface area contributed by atoms with Crippen molar-refractivity contribution in [1.29, 1.82) is 5.26 Å². The van der Waals surface area contributed by atoms with Crippen molar-refractivity contribution < 1.29 is 27.9 Å². The number of fused-ring (bicyclic) bond motifs is 1. The number of rotatable bonds is 4. The summed E-state index contributed by atoms with van der Waals surface area (Å²) in [6, 6.07) is 19.7. The van der Waals surface area contributed by atoms with Crippen molar-refractivity contribution in [3.05, 3.63) is 71.3 Å². The summed E-state index contributed by atoms with van der Waals surface area (Å²) in [7, 11) is 0. The topological polar surface area (TPSA) is 115 Å². The van der Waals surface area contributed by atoms with Crippen LogP contribution in [-0.2, 0) is 4.79 Å². The van der Waals surface area contributed by atoms with Crippen LogP contribution in [-0.4, -0.2) is 40.2 Å². The number of carbonyl (C=O) groups excluding carboxylic acids is 1. The molecule has 0 unspecified atom stereocenters. The molecule has 1 amide bonds. The van der Waals surface area contributed by atoms with E-state index < -0.39 is 12.1 Å². The van der Waals surface area contributed by atoms with Gasteiger partial charge in [0.05, 0.1) is 17.1 Å². The number of benzene rings is 2. The number of nitriles is 1. The van der Waals surface area contributed by atoms with Crippen molar-refractivity contribution in [3.63, 3.8) is 0 Å². The first-order valence-electron chi connectivity index (χ1n) is 11.3. The highest BCUT2D eigenvalue weighted by Gasteiger charge is 2.38. The normalized spacial score (nSPS) is 17.3. The van der Waals surface area contributed by atoms with Gasteiger partial charge >= 0.3 is 12.1 Å². The number of halogens is 3. The van der Waals surface area contributed by atoms with Crippen molar-refractivity contribution >= 4 is 28.6 Å². The van der Waals surface area contributed by atoms with Crippen molar-refractivity contribution in [1.82, 2.24) is 10.3 Å². The van der Waals surface area contributed by atoms with Crippen LogP contribution in [0.25, 0.3) is 10.9 Å². The van der Waals surface area contributed by atoms with Crippen LogP contribution in [0.1, 0.15) is 47.2 Å². The molecule has 3 aromatic rings. The Balaban J connectivity index is 0.000000454. The van der Waals surface area contributed by atoms with Gasteiger partial charge < -0.3 is 15.7 Å². The number of para-hydroxylation sites is 1. The maximum Gasteiger partial charge on any atom is 0.490 e. The zero-order chi connectivity index (χ0) is 26.3. The van der Waals surface area contributed by atoms with E-state index in [9.17, 15) is 18.0 Å². The average Bonchev–Trinajstić information content (AvgIpc) is 2.85. The molecular formula is C26H25F3N4O3. The largest absolute Gasteiger partial charge is 0.490 e. The highest BCUT2D eigenvalue weighted by Crippen LogP contribution is 2.25. The second-order valence-corrected chi connectivity index (χ2v) is 8.50. The van der Waals surface area contributed by atoms with Crippen LogP contribution in [0, 0.1) is 18.3 Å². The van der Waals surface area contributed by atoms with Crippen LogP contribution in [0.5, 0.6) is 0 Å². The molecule has 188 valence electrons. The Bertz CT molecular complexity index is 1260. The SMILES string of the molecule is Cc1cc(NC2CCC(NC(=O)c3ccc(C#N)cc3)CC2)nc2ccccc12.O=C(O)C(F)(F)F. The number of amides is 1. The molecule has 1 saturated carbocycles. The number of aryl methyl sites for hydroxylation is 1. The van der Waals surface area contributed by atoms with Crippen molar-refractivity contribution in [3.8, 4) is 6.07 Å². The summed E-state index contributed by atoms with van der Waals surface area (Å²) in [4.78, 5) is 26.1. The van der Waals surface area contributed by atoms with Gasteiger partial charge in [-0.05, 0) is 74.6 Å². The van der Waals surface area contributed by atoms with E-state index in [2.05, 4.69) is 35.8 Å². The molecule has 1 aliphatic carbocycles. The maximum absolute atomic E-state index is 12.4. The summed E-state index contributed by atoms with van der Waals surface area (Å²) >= 11 is 0. The highest BCUT2D eigenvalue weighted by molar-refractivity contribution is 5.94. The molecule has 2 aromatic carbocycles. The quantitative estimate of drug-likeness (QED) is 0.455. The molecule has 0 radical (unpaired) electrons. The number of alkyl halides is 3. The molecule has 0 bridgehead atoms. The van der Waals surface area contributed by atoms with Crippen LogP contribution in [0.3, 0.4) is 0 Å². The Morgan fingerprint density at radius 3 is 2.19 bits per heavy atom. The molecule has 0 spiro atoms. The van der Waals surface area contributed by atoms with Gasteiger partial charge in [-0.1, -0.05) is 18.2 Å². The number of nitrogens with one attached hydrogen (secondary N) is 2. The Hall–Kier alpha value is -4.13. The van der Waals surface area contributed by atoms with Gasteiger partial charge in [-0.15, -0.1) is 0 Å². The fraction of sp³-hybridized carbons (Fsp3) is 0.308. The lowest BCUT2D eigenvalue weighted by atomic mass is 9.91. The molecule has 4 rings (SSSR count). The number of hydrogen-bond donors (Lipinski definition) is 3. The van der Waals surface area contributed by atoms with Crippen LogP contribution in [0.15, 0.2) is 54.6 Å². The monoisotopic (exact) mass is 498 g/mol. The minimum absolute atomic E-state index is 0.0716. The number of carbonyl (C=O) groups is 2. The Morgan fingerprint density at radius 2 is 1.61 bits per heavy atom. The molecule has 1 fully saturated rings. The van der Waals surface area contributed by atoms with Crippen molar-refractivity contribution in [2.75, 3.05) is 5.32 Å². The van der Waals surface area contributed by atoms with Gasteiger partial charge in [0.15, 0.2) is 0 Å². The number of pyridine rings is 1. The fourth-order valence-corrected chi connectivity index (χ4v) is 3.98. The Kier molecular flexibility index (Phi) is 8.48. The van der Waals surface area contributed by atoms with E-state index in [1.54, 1.807) is 24.3 Å². The highest BCUT2D eigenvalue weighted by atomic mass is 19.4. The lowest BCUT2D eigenvalue weighted by molar-refractivity contribution is -0.192. The second kappa shape index (κ2) is 11.5. The van der Waals surface area contributed by atoms with Gasteiger partial charge in [-0.3, -0.25) is 4.79 Å². The van der Waals surface area contributed by atoms with Crippen LogP contribution in [0.2, 0.25) is 0 Å². The lowest BCUT2D eigenvalue weighted by Crippen LogP contribution is -2.40. The molecule has 7 nitrogen and oxygen atoms in total. The van der Waals surface area contributed by atoms with E-state index in [4.69, 9.17) is 20.1 Å². The standard InChI is InChI=1S/C24H24N4O.C2HF3O2/c1-16-14-23(28-22-5-3-2-4-21(16)22)26-19-10-12-20(13-11-19)27-24(29)18-8-6-17(15-25)7-9-18;3-2(4,5)1(6)7/h2-9,14,19-20H,10-13H2,1H3,(H,26,28)(H,27,29);(H,6,7). The van der Waals surface area contributed by atoms with Gasteiger partial charge in [-0.25, -0.2) is 9.78 Å².